The summed E-state index contributed by atoms with van der Waals surface area (Å²) >= 11 is 5.94. The zero-order valence-corrected chi connectivity index (χ0v) is 18.7. The number of hydrogen-bond acceptors (Lipinski definition) is 5. The highest BCUT2D eigenvalue weighted by atomic mass is 35.5. The number of hydrogen-bond donors (Lipinski definition) is 0. The minimum absolute atomic E-state index is 0.0152. The van der Waals surface area contributed by atoms with Crippen molar-refractivity contribution in [3.05, 3.63) is 57.2 Å². The Bertz CT molecular complexity index is 1120. The molecule has 0 atom stereocenters. The van der Waals surface area contributed by atoms with Crippen LogP contribution in [0.15, 0.2) is 28.8 Å². The van der Waals surface area contributed by atoms with Gasteiger partial charge in [-0.1, -0.05) is 49.5 Å². The van der Waals surface area contributed by atoms with E-state index in [0.29, 0.717) is 41.8 Å². The lowest BCUT2D eigenvalue weighted by molar-refractivity contribution is -0.213. The zero-order valence-electron chi connectivity index (χ0n) is 17.9. The molecule has 3 aromatic rings. The molecule has 0 aliphatic rings. The largest absolute Gasteiger partial charge is 0.437 e. The van der Waals surface area contributed by atoms with Crippen LogP contribution in [-0.4, -0.2) is 11.1 Å². The first-order valence-electron chi connectivity index (χ1n) is 10.3. The number of carbonyl (C=O) groups is 1. The van der Waals surface area contributed by atoms with Gasteiger partial charge in [0.1, 0.15) is 0 Å². The number of fused-ring (bicyclic) bond motifs is 1. The van der Waals surface area contributed by atoms with Crippen molar-refractivity contribution in [2.75, 3.05) is 0 Å². The van der Waals surface area contributed by atoms with Gasteiger partial charge in [0.2, 0.25) is 0 Å². The van der Waals surface area contributed by atoms with Gasteiger partial charge < -0.3 is 4.52 Å². The highest BCUT2D eigenvalue weighted by molar-refractivity contribution is 6.30. The molecule has 0 N–H and O–H groups in total. The van der Waals surface area contributed by atoms with E-state index in [0.717, 1.165) is 11.1 Å². The summed E-state index contributed by atoms with van der Waals surface area (Å²) in [6, 6.07) is 6.49. The molecule has 1 aromatic heterocycles. The quantitative estimate of drug-likeness (QED) is 0.268. The summed E-state index contributed by atoms with van der Waals surface area (Å²) < 4.78 is 45.2. The summed E-state index contributed by atoms with van der Waals surface area (Å²) in [5.74, 6) is -0.443. The van der Waals surface area contributed by atoms with Crippen molar-refractivity contribution in [3.63, 3.8) is 0 Å². The molecule has 0 radical (unpaired) electrons. The van der Waals surface area contributed by atoms with Crippen molar-refractivity contribution < 1.29 is 32.3 Å². The van der Waals surface area contributed by atoms with Crippen molar-refractivity contribution in [2.24, 2.45) is 0 Å². The predicted molar refractivity (Wildman–Crippen MR) is 114 cm³/mol. The van der Waals surface area contributed by atoms with Crippen LogP contribution < -0.4 is 4.89 Å². The maximum absolute atomic E-state index is 13.4. The van der Waals surface area contributed by atoms with Gasteiger partial charge in [-0.25, -0.2) is 4.79 Å². The zero-order chi connectivity index (χ0) is 23.5. The Labute approximate surface area is 188 Å². The Kier molecular flexibility index (Phi) is 7.33. The number of aryl methyl sites for hydroxylation is 3. The highest BCUT2D eigenvalue weighted by Gasteiger charge is 2.38. The van der Waals surface area contributed by atoms with E-state index in [-0.39, 0.29) is 23.1 Å². The van der Waals surface area contributed by atoms with Crippen LogP contribution in [0.1, 0.15) is 54.6 Å². The molecular formula is C23H23ClF3NO4. The van der Waals surface area contributed by atoms with Gasteiger partial charge >= 0.3 is 12.1 Å². The SMILES string of the molecule is CCCc1cc2c(C(F)(F)F)noc2c(CCC)c1OOC(=O)Cc1ccc(Cl)cc1C. The van der Waals surface area contributed by atoms with E-state index >= 15 is 0 Å². The molecule has 0 saturated carbocycles. The van der Waals surface area contributed by atoms with Crippen LogP contribution in [-0.2, 0) is 35.1 Å². The molecule has 0 spiro atoms. The summed E-state index contributed by atoms with van der Waals surface area (Å²) in [5.41, 5.74) is 1.35. The number of benzene rings is 2. The second-order valence-corrected chi connectivity index (χ2v) is 7.97. The molecule has 0 aliphatic carbocycles. The fourth-order valence-corrected chi connectivity index (χ4v) is 3.78. The van der Waals surface area contributed by atoms with Gasteiger partial charge in [-0.2, -0.15) is 13.2 Å². The summed E-state index contributed by atoms with van der Waals surface area (Å²) in [6.45, 7) is 5.59. The molecular weight excluding hydrogens is 447 g/mol. The van der Waals surface area contributed by atoms with Gasteiger partial charge in [-0.15, -0.1) is 0 Å². The van der Waals surface area contributed by atoms with Crippen molar-refractivity contribution in [3.8, 4) is 5.75 Å². The molecule has 0 aliphatic heterocycles. The van der Waals surface area contributed by atoms with E-state index < -0.39 is 17.8 Å². The molecule has 0 saturated heterocycles. The fourth-order valence-electron chi connectivity index (χ4n) is 3.56. The maximum atomic E-state index is 13.4. The van der Waals surface area contributed by atoms with E-state index in [2.05, 4.69) is 5.16 Å². The third-order valence-electron chi connectivity index (χ3n) is 5.03. The lowest BCUT2D eigenvalue weighted by Gasteiger charge is -2.14. The number of nitrogens with zero attached hydrogens (tertiary/aromatic N) is 1. The molecule has 0 unspecified atom stereocenters. The summed E-state index contributed by atoms with van der Waals surface area (Å²) in [7, 11) is 0. The standard InChI is InChI=1S/C23H23ClF3NO4/c1-4-6-15-11-18-21(30-28-22(18)23(25,26)27)17(7-5-2)20(15)32-31-19(29)12-14-8-9-16(24)10-13(14)3/h8-11H,4-7,12H2,1-3H3. The van der Waals surface area contributed by atoms with Crippen molar-refractivity contribution >= 4 is 28.5 Å². The van der Waals surface area contributed by atoms with Crippen LogP contribution in [0.5, 0.6) is 5.75 Å². The highest BCUT2D eigenvalue weighted by Crippen LogP contribution is 2.40. The Morgan fingerprint density at radius 1 is 1.12 bits per heavy atom. The first kappa shape index (κ1) is 23.9. The Balaban J connectivity index is 1.94. The molecule has 2 aromatic carbocycles. The van der Waals surface area contributed by atoms with Gasteiger partial charge in [0, 0.05) is 16.1 Å². The first-order chi connectivity index (χ1) is 15.2. The lowest BCUT2D eigenvalue weighted by Crippen LogP contribution is -2.13. The average molecular weight is 470 g/mol. The second kappa shape index (κ2) is 9.81. The maximum Gasteiger partial charge on any atom is 0.437 e. The molecule has 32 heavy (non-hydrogen) atoms. The molecule has 5 nitrogen and oxygen atoms in total. The van der Waals surface area contributed by atoms with Crippen molar-refractivity contribution in [2.45, 2.75) is 59.1 Å². The monoisotopic (exact) mass is 469 g/mol. The Morgan fingerprint density at radius 3 is 2.47 bits per heavy atom. The topological polar surface area (TPSA) is 61.6 Å². The van der Waals surface area contributed by atoms with Gasteiger partial charge in [0.05, 0.1) is 11.8 Å². The smallest absolute Gasteiger partial charge is 0.355 e. The van der Waals surface area contributed by atoms with Crippen LogP contribution in [0.2, 0.25) is 5.02 Å². The summed E-state index contributed by atoms with van der Waals surface area (Å²) in [5, 5.41) is 3.68. The summed E-state index contributed by atoms with van der Waals surface area (Å²) in [6.07, 6.45) is -2.64. The van der Waals surface area contributed by atoms with Gasteiger partial charge in [0.25, 0.3) is 0 Å². The molecule has 0 amide bonds. The normalized spacial score (nSPS) is 11.7. The van der Waals surface area contributed by atoms with E-state index in [1.807, 2.05) is 20.8 Å². The molecule has 172 valence electrons. The number of carbonyl (C=O) groups excluding carboxylic acids is 1. The van der Waals surface area contributed by atoms with Crippen LogP contribution in [0.4, 0.5) is 13.2 Å². The predicted octanol–water partition coefficient (Wildman–Crippen LogP) is 6.79. The minimum atomic E-state index is -4.65. The van der Waals surface area contributed by atoms with E-state index in [4.69, 9.17) is 25.9 Å². The average Bonchev–Trinajstić information content (AvgIpc) is 3.14. The van der Waals surface area contributed by atoms with Crippen molar-refractivity contribution in [1.29, 1.82) is 0 Å². The molecule has 1 heterocycles. The summed E-state index contributed by atoms with van der Waals surface area (Å²) in [4.78, 5) is 22.9. The number of alkyl halides is 3. The van der Waals surface area contributed by atoms with E-state index in [1.54, 1.807) is 18.2 Å². The van der Waals surface area contributed by atoms with Gasteiger partial charge in [-0.05, 0) is 49.1 Å². The van der Waals surface area contributed by atoms with Crippen LogP contribution in [0, 0.1) is 6.92 Å². The Hall–Kier alpha value is -2.74. The first-order valence-corrected chi connectivity index (χ1v) is 10.7. The minimum Gasteiger partial charge on any atom is -0.355 e. The van der Waals surface area contributed by atoms with E-state index in [1.165, 1.54) is 6.07 Å². The lowest BCUT2D eigenvalue weighted by atomic mass is 9.98. The Morgan fingerprint density at radius 2 is 1.84 bits per heavy atom. The molecule has 0 fully saturated rings. The van der Waals surface area contributed by atoms with Crippen LogP contribution >= 0.6 is 11.6 Å². The number of aromatic nitrogens is 1. The van der Waals surface area contributed by atoms with E-state index in [9.17, 15) is 18.0 Å². The number of halogens is 4. The molecule has 9 heteroatoms. The van der Waals surface area contributed by atoms with Crippen LogP contribution in [0.3, 0.4) is 0 Å². The third-order valence-corrected chi connectivity index (χ3v) is 5.27. The van der Waals surface area contributed by atoms with Crippen LogP contribution in [0.25, 0.3) is 11.0 Å². The van der Waals surface area contributed by atoms with Gasteiger partial charge in [0.15, 0.2) is 17.0 Å². The van der Waals surface area contributed by atoms with Gasteiger partial charge in [-0.3, -0.25) is 9.78 Å². The third kappa shape index (κ3) is 5.18. The van der Waals surface area contributed by atoms with Crippen molar-refractivity contribution in [1.82, 2.24) is 5.16 Å². The fraction of sp³-hybridized carbons (Fsp3) is 0.391. The molecule has 0 bridgehead atoms. The number of rotatable bonds is 8. The second-order valence-electron chi connectivity index (χ2n) is 7.54. The molecule has 3 rings (SSSR count).